The summed E-state index contributed by atoms with van der Waals surface area (Å²) in [5.41, 5.74) is 7.51. The highest BCUT2D eigenvalue weighted by molar-refractivity contribution is 5.92. The summed E-state index contributed by atoms with van der Waals surface area (Å²) in [5.74, 6) is 1.24. The second-order valence-electron chi connectivity index (χ2n) is 19.4. The molecule has 1 spiro atoms. The molecule has 2 bridgehead atoms. The van der Waals surface area contributed by atoms with Crippen molar-refractivity contribution in [1.29, 1.82) is 0 Å². The molecule has 2 aromatic rings. The number of rotatable bonds is 1. The van der Waals surface area contributed by atoms with Crippen LogP contribution in [0.3, 0.4) is 0 Å². The first-order valence-electron chi connectivity index (χ1n) is 19.5. The predicted molar refractivity (Wildman–Crippen MR) is 191 cm³/mol. The van der Waals surface area contributed by atoms with Crippen LogP contribution >= 0.6 is 0 Å². The second kappa shape index (κ2) is 9.52. The number of H-pyrrole nitrogens is 1. The van der Waals surface area contributed by atoms with E-state index in [1.165, 1.54) is 44.4 Å². The number of aromatic amines is 1. The number of allylic oxidation sites excluding steroid dienone is 1. The van der Waals surface area contributed by atoms with Crippen molar-refractivity contribution in [3.63, 3.8) is 0 Å². The highest BCUT2D eigenvalue weighted by Gasteiger charge is 2.85. The molecule has 12 atom stereocenters. The zero-order valence-corrected chi connectivity index (χ0v) is 31.2. The van der Waals surface area contributed by atoms with E-state index in [1.54, 1.807) is 0 Å². The van der Waals surface area contributed by atoms with Crippen LogP contribution in [0.2, 0.25) is 0 Å². The van der Waals surface area contributed by atoms with Crippen molar-refractivity contribution < 1.29 is 24.1 Å². The lowest BCUT2D eigenvalue weighted by atomic mass is 9.40. The standard InChI is InChI=1S/C43H57NO5/c1-22(2)16-33-47-35-30-21-42(30)32(46-37(35)39(6,7)49-33)13-14-40(8)41(9)26(12-15-43(40,42)45)19-29-34-28-20-27-18-25(23(3)48-38(27,4)5)17-24(28)10-11-31(34)44-36(29)41/h10-11,16-17,23,26-27,30,32-33,35,37,44-45H,12-15,18-21H2,1-9H3/t23?,26?,27?,30-,32?,33+,35+,37?,40-,41-,42+,43+/m1/s1. The summed E-state index contributed by atoms with van der Waals surface area (Å²) in [6, 6.07) is 4.68. The Labute approximate surface area is 292 Å². The molecule has 5 unspecified atom stereocenters. The van der Waals surface area contributed by atoms with Crippen molar-refractivity contribution in [2.75, 3.05) is 0 Å². The number of aliphatic hydroxyl groups is 1. The molecule has 1 aromatic carbocycles. The normalized spacial score (nSPS) is 48.0. The van der Waals surface area contributed by atoms with Gasteiger partial charge < -0.3 is 29.0 Å². The molecule has 10 rings (SSSR count). The van der Waals surface area contributed by atoms with E-state index in [-0.39, 0.29) is 58.5 Å². The summed E-state index contributed by atoms with van der Waals surface area (Å²) in [6.45, 7) is 20.3. The van der Waals surface area contributed by atoms with Gasteiger partial charge in [0, 0.05) is 32.8 Å². The van der Waals surface area contributed by atoms with Crippen LogP contribution in [-0.4, -0.2) is 57.6 Å². The average molecular weight is 668 g/mol. The van der Waals surface area contributed by atoms with Crippen LogP contribution in [0.25, 0.3) is 17.0 Å². The predicted octanol–water partition coefficient (Wildman–Crippen LogP) is 8.33. The molecule has 6 heteroatoms. The Morgan fingerprint density at radius 2 is 1.67 bits per heavy atom. The summed E-state index contributed by atoms with van der Waals surface area (Å²) >= 11 is 0. The highest BCUT2D eigenvalue weighted by Crippen LogP contribution is 2.81. The Balaban J connectivity index is 1.07. The molecular formula is C43H57NO5. The molecule has 49 heavy (non-hydrogen) atoms. The van der Waals surface area contributed by atoms with Crippen molar-refractivity contribution in [2.45, 2.75) is 167 Å². The molecule has 4 heterocycles. The lowest BCUT2D eigenvalue weighted by Crippen LogP contribution is -2.74. The number of aromatic nitrogens is 1. The molecule has 3 aliphatic heterocycles. The first kappa shape index (κ1) is 31.7. The van der Waals surface area contributed by atoms with Crippen molar-refractivity contribution in [3.8, 4) is 0 Å². The number of hydrogen-bond donors (Lipinski definition) is 2. The first-order chi connectivity index (χ1) is 23.0. The van der Waals surface area contributed by atoms with Gasteiger partial charge in [-0.15, -0.1) is 0 Å². The fourth-order valence-electron chi connectivity index (χ4n) is 13.6. The fraction of sp³-hybridized carbons (Fsp3) is 0.721. The largest absolute Gasteiger partial charge is 0.389 e. The summed E-state index contributed by atoms with van der Waals surface area (Å²) in [7, 11) is 0. The molecule has 3 saturated heterocycles. The molecule has 6 nitrogen and oxygen atoms in total. The third kappa shape index (κ3) is 3.71. The van der Waals surface area contributed by atoms with Crippen molar-refractivity contribution in [3.05, 3.63) is 51.7 Å². The van der Waals surface area contributed by atoms with Crippen molar-refractivity contribution in [1.82, 2.24) is 4.98 Å². The first-order valence-corrected chi connectivity index (χ1v) is 19.5. The average Bonchev–Trinajstić information content (AvgIpc) is 3.64. The molecule has 0 amide bonds. The fourth-order valence-corrected chi connectivity index (χ4v) is 13.6. The van der Waals surface area contributed by atoms with E-state index < -0.39 is 11.2 Å². The SMILES string of the molecule is CC(C)=C[C@H]1O[C@@H]2C(OC3CC[C@@]4(C)[C@@](O)(CCC5Cc6c([nH]c7ccc8c(c67)CC6CC(=C8)C(C)OC6(C)C)[C@@]54C)[C@]34C[C@H]24)C(C)(C)O1. The van der Waals surface area contributed by atoms with E-state index in [1.807, 2.05) is 0 Å². The number of hydrogen-bond acceptors (Lipinski definition) is 5. The Kier molecular flexibility index (Phi) is 6.17. The van der Waals surface area contributed by atoms with Gasteiger partial charge in [0.25, 0.3) is 0 Å². The van der Waals surface area contributed by atoms with Gasteiger partial charge in [-0.3, -0.25) is 0 Å². The highest BCUT2D eigenvalue weighted by atomic mass is 16.7. The minimum atomic E-state index is -0.837. The van der Waals surface area contributed by atoms with Crippen LogP contribution in [0.1, 0.15) is 123 Å². The number of ether oxygens (including phenoxy) is 4. The second-order valence-corrected chi connectivity index (χ2v) is 19.4. The van der Waals surface area contributed by atoms with E-state index >= 15 is 0 Å². The zero-order chi connectivity index (χ0) is 34.3. The molecule has 264 valence electrons. The van der Waals surface area contributed by atoms with Gasteiger partial charge in [0.15, 0.2) is 6.29 Å². The van der Waals surface area contributed by atoms with Crippen LogP contribution < -0.4 is 0 Å². The van der Waals surface area contributed by atoms with Crippen molar-refractivity contribution >= 4 is 17.0 Å². The Morgan fingerprint density at radius 3 is 2.45 bits per heavy atom. The Morgan fingerprint density at radius 1 is 0.898 bits per heavy atom. The van der Waals surface area contributed by atoms with Crippen LogP contribution in [0, 0.1) is 28.6 Å². The maximum Gasteiger partial charge on any atom is 0.178 e. The Bertz CT molecular complexity index is 1850. The smallest absolute Gasteiger partial charge is 0.178 e. The number of fused-ring (bicyclic) bond motifs is 13. The van der Waals surface area contributed by atoms with E-state index in [9.17, 15) is 5.11 Å². The molecular weight excluding hydrogens is 610 g/mol. The van der Waals surface area contributed by atoms with Crippen LogP contribution in [0.5, 0.6) is 0 Å². The third-order valence-electron chi connectivity index (χ3n) is 16.4. The topological polar surface area (TPSA) is 72.9 Å². The minimum absolute atomic E-state index is 0.0307. The lowest BCUT2D eigenvalue weighted by Gasteiger charge is -2.68. The quantitative estimate of drug-likeness (QED) is 0.299. The maximum absolute atomic E-state index is 13.6. The van der Waals surface area contributed by atoms with Gasteiger partial charge in [-0.25, -0.2) is 0 Å². The molecule has 2 N–H and O–H groups in total. The van der Waals surface area contributed by atoms with Gasteiger partial charge >= 0.3 is 0 Å². The minimum Gasteiger partial charge on any atom is -0.389 e. The third-order valence-corrected chi connectivity index (χ3v) is 16.4. The van der Waals surface area contributed by atoms with E-state index in [0.29, 0.717) is 11.8 Å². The van der Waals surface area contributed by atoms with Crippen LogP contribution in [0.4, 0.5) is 0 Å². The molecule has 5 aliphatic carbocycles. The zero-order valence-electron chi connectivity index (χ0n) is 31.2. The van der Waals surface area contributed by atoms with Gasteiger partial charge in [-0.2, -0.15) is 0 Å². The summed E-state index contributed by atoms with van der Waals surface area (Å²) in [6.07, 6.45) is 12.2. The van der Waals surface area contributed by atoms with Crippen molar-refractivity contribution in [2.24, 2.45) is 28.6 Å². The molecule has 6 fully saturated rings. The molecule has 1 aromatic heterocycles. The monoisotopic (exact) mass is 667 g/mol. The molecule has 0 radical (unpaired) electrons. The summed E-state index contributed by atoms with van der Waals surface area (Å²) in [4.78, 5) is 4.09. The lowest BCUT2D eigenvalue weighted by molar-refractivity contribution is -0.361. The van der Waals surface area contributed by atoms with E-state index in [2.05, 4.69) is 91.6 Å². The van der Waals surface area contributed by atoms with Gasteiger partial charge in [0.2, 0.25) is 0 Å². The van der Waals surface area contributed by atoms with E-state index in [4.69, 9.17) is 18.9 Å². The summed E-state index contributed by atoms with van der Waals surface area (Å²) in [5, 5.41) is 15.1. The maximum atomic E-state index is 13.6. The number of nitrogens with one attached hydrogen (secondary N) is 1. The van der Waals surface area contributed by atoms with Gasteiger partial charge in [-0.05, 0) is 152 Å². The molecule has 3 saturated carbocycles. The number of benzene rings is 1. The van der Waals surface area contributed by atoms with E-state index in [0.717, 1.165) is 51.4 Å². The van der Waals surface area contributed by atoms with Crippen LogP contribution in [0.15, 0.2) is 29.4 Å². The Hall–Kier alpha value is -1.96. The van der Waals surface area contributed by atoms with Crippen LogP contribution in [-0.2, 0) is 37.2 Å². The van der Waals surface area contributed by atoms with Gasteiger partial charge in [0.05, 0.1) is 35.1 Å². The van der Waals surface area contributed by atoms with Gasteiger partial charge in [0.1, 0.15) is 6.10 Å². The summed E-state index contributed by atoms with van der Waals surface area (Å²) < 4.78 is 26.9. The molecule has 8 aliphatic rings. The van der Waals surface area contributed by atoms with Gasteiger partial charge in [-0.1, -0.05) is 31.6 Å².